The molecule has 0 saturated heterocycles. The van der Waals surface area contributed by atoms with Crippen molar-refractivity contribution in [2.75, 3.05) is 6.61 Å². The molecule has 0 bridgehead atoms. The molecule has 1 aromatic carbocycles. The Labute approximate surface area is 91.2 Å². The van der Waals surface area contributed by atoms with Crippen LogP contribution < -0.4 is 9.47 Å². The highest BCUT2D eigenvalue weighted by molar-refractivity contribution is 5.31. The maximum atomic E-state index is 5.67. The van der Waals surface area contributed by atoms with E-state index in [1.165, 1.54) is 0 Å². The van der Waals surface area contributed by atoms with Crippen LogP contribution in [-0.2, 0) is 0 Å². The van der Waals surface area contributed by atoms with E-state index in [4.69, 9.17) is 15.9 Å². The van der Waals surface area contributed by atoms with Gasteiger partial charge in [0.25, 0.3) is 0 Å². The van der Waals surface area contributed by atoms with E-state index in [9.17, 15) is 0 Å². The lowest BCUT2D eigenvalue weighted by atomic mass is 10.2. The first-order valence-corrected chi connectivity index (χ1v) is 4.86. The van der Waals surface area contributed by atoms with Crippen molar-refractivity contribution in [1.82, 2.24) is 0 Å². The molecule has 0 aromatic heterocycles. The Hall–Kier alpha value is -1.62. The van der Waals surface area contributed by atoms with Gasteiger partial charge in [-0.05, 0) is 45.0 Å². The second kappa shape index (κ2) is 4.75. The number of benzene rings is 1. The van der Waals surface area contributed by atoms with Gasteiger partial charge in [0.15, 0.2) is 0 Å². The van der Waals surface area contributed by atoms with E-state index in [-0.39, 0.29) is 5.60 Å². The molecule has 0 saturated carbocycles. The van der Waals surface area contributed by atoms with Crippen LogP contribution in [0.4, 0.5) is 0 Å². The van der Waals surface area contributed by atoms with Crippen LogP contribution in [0.2, 0.25) is 0 Å². The molecular formula is C13H16O2. The number of hydrogen-bond acceptors (Lipinski definition) is 2. The summed E-state index contributed by atoms with van der Waals surface area (Å²) in [5.41, 5.74) is -0.179. The fourth-order valence-corrected chi connectivity index (χ4v) is 1.08. The summed E-state index contributed by atoms with van der Waals surface area (Å²) in [7, 11) is 0. The molecule has 1 rings (SSSR count). The zero-order valence-corrected chi connectivity index (χ0v) is 9.41. The van der Waals surface area contributed by atoms with Gasteiger partial charge in [0.2, 0.25) is 0 Å². The minimum absolute atomic E-state index is 0.179. The van der Waals surface area contributed by atoms with Crippen LogP contribution in [0, 0.1) is 12.3 Å². The van der Waals surface area contributed by atoms with Gasteiger partial charge in [-0.25, -0.2) is 0 Å². The van der Waals surface area contributed by atoms with Gasteiger partial charge in [0, 0.05) is 0 Å². The van der Waals surface area contributed by atoms with Gasteiger partial charge >= 0.3 is 0 Å². The van der Waals surface area contributed by atoms with E-state index in [0.717, 1.165) is 11.5 Å². The second-order valence-electron chi connectivity index (χ2n) is 4.18. The highest BCUT2D eigenvalue weighted by Gasteiger charge is 2.11. The molecule has 0 amide bonds. The Balaban J connectivity index is 2.61. The van der Waals surface area contributed by atoms with E-state index in [0.29, 0.717) is 6.61 Å². The van der Waals surface area contributed by atoms with Crippen LogP contribution in [0.3, 0.4) is 0 Å². The molecule has 0 radical (unpaired) electrons. The van der Waals surface area contributed by atoms with E-state index >= 15 is 0 Å². The van der Waals surface area contributed by atoms with Crippen LogP contribution in [-0.4, -0.2) is 12.2 Å². The van der Waals surface area contributed by atoms with E-state index in [1.54, 1.807) is 0 Å². The van der Waals surface area contributed by atoms with Gasteiger partial charge in [-0.2, -0.15) is 0 Å². The Bertz CT molecular complexity index is 338. The molecule has 2 nitrogen and oxygen atoms in total. The van der Waals surface area contributed by atoms with Crippen molar-refractivity contribution < 1.29 is 9.47 Å². The maximum Gasteiger partial charge on any atom is 0.148 e. The number of terminal acetylenes is 1. The van der Waals surface area contributed by atoms with Crippen molar-refractivity contribution in [3.05, 3.63) is 24.3 Å². The number of hydrogen-bond donors (Lipinski definition) is 0. The van der Waals surface area contributed by atoms with Gasteiger partial charge in [-0.3, -0.25) is 0 Å². The maximum absolute atomic E-state index is 5.67. The molecule has 0 aliphatic carbocycles. The SMILES string of the molecule is C#CCOc1ccc(OC(C)(C)C)cc1. The van der Waals surface area contributed by atoms with Gasteiger partial charge < -0.3 is 9.47 Å². The molecule has 15 heavy (non-hydrogen) atoms. The molecule has 0 atom stereocenters. The summed E-state index contributed by atoms with van der Waals surface area (Å²) < 4.78 is 10.9. The lowest BCUT2D eigenvalue weighted by Gasteiger charge is -2.21. The number of ether oxygens (including phenoxy) is 2. The largest absolute Gasteiger partial charge is 0.488 e. The van der Waals surface area contributed by atoms with Crippen LogP contribution in [0.25, 0.3) is 0 Å². The molecular weight excluding hydrogens is 188 g/mol. The van der Waals surface area contributed by atoms with Crippen molar-refractivity contribution in [2.24, 2.45) is 0 Å². The van der Waals surface area contributed by atoms with Crippen molar-refractivity contribution in [3.8, 4) is 23.8 Å². The van der Waals surface area contributed by atoms with Gasteiger partial charge in [-0.1, -0.05) is 5.92 Å². The highest BCUT2D eigenvalue weighted by Crippen LogP contribution is 2.21. The highest BCUT2D eigenvalue weighted by atomic mass is 16.5. The van der Waals surface area contributed by atoms with Crippen LogP contribution in [0.5, 0.6) is 11.5 Å². The lowest BCUT2D eigenvalue weighted by molar-refractivity contribution is 0.131. The normalized spacial score (nSPS) is 10.5. The van der Waals surface area contributed by atoms with E-state index in [1.807, 2.05) is 45.0 Å². The van der Waals surface area contributed by atoms with Crippen molar-refractivity contribution in [2.45, 2.75) is 26.4 Å². The predicted octanol–water partition coefficient (Wildman–Crippen LogP) is 2.88. The first kappa shape index (κ1) is 11.5. The summed E-state index contributed by atoms with van der Waals surface area (Å²) >= 11 is 0. The third-order valence-corrected chi connectivity index (χ3v) is 1.57. The summed E-state index contributed by atoms with van der Waals surface area (Å²) in [4.78, 5) is 0. The molecule has 0 aliphatic heterocycles. The fraction of sp³-hybridized carbons (Fsp3) is 0.385. The third-order valence-electron chi connectivity index (χ3n) is 1.57. The molecule has 0 aliphatic rings. The monoisotopic (exact) mass is 204 g/mol. The fourth-order valence-electron chi connectivity index (χ4n) is 1.08. The van der Waals surface area contributed by atoms with Crippen molar-refractivity contribution >= 4 is 0 Å². The molecule has 0 heterocycles. The molecule has 1 aromatic rings. The summed E-state index contributed by atoms with van der Waals surface area (Å²) in [6.45, 7) is 6.32. The Morgan fingerprint density at radius 1 is 1.13 bits per heavy atom. The molecule has 2 heteroatoms. The zero-order chi connectivity index (χ0) is 11.3. The Kier molecular flexibility index (Phi) is 3.62. The quantitative estimate of drug-likeness (QED) is 0.705. The first-order chi connectivity index (χ1) is 7.01. The smallest absolute Gasteiger partial charge is 0.148 e. The van der Waals surface area contributed by atoms with E-state index in [2.05, 4.69) is 5.92 Å². The standard InChI is InChI=1S/C13H16O2/c1-5-10-14-11-6-8-12(9-7-11)15-13(2,3)4/h1,6-9H,10H2,2-4H3. The summed E-state index contributed by atoms with van der Waals surface area (Å²) in [5.74, 6) is 4.00. The summed E-state index contributed by atoms with van der Waals surface area (Å²) in [5, 5.41) is 0. The Morgan fingerprint density at radius 2 is 1.67 bits per heavy atom. The molecule has 0 spiro atoms. The molecule has 0 unspecified atom stereocenters. The topological polar surface area (TPSA) is 18.5 Å². The molecule has 0 fully saturated rings. The van der Waals surface area contributed by atoms with Crippen LogP contribution in [0.1, 0.15) is 20.8 Å². The van der Waals surface area contributed by atoms with E-state index < -0.39 is 0 Å². The minimum Gasteiger partial charge on any atom is -0.488 e. The van der Waals surface area contributed by atoms with Crippen molar-refractivity contribution in [3.63, 3.8) is 0 Å². The van der Waals surface area contributed by atoms with Gasteiger partial charge in [0.05, 0.1) is 0 Å². The summed E-state index contributed by atoms with van der Waals surface area (Å²) in [6.07, 6.45) is 5.09. The number of rotatable bonds is 3. The molecule has 0 N–H and O–H groups in total. The first-order valence-electron chi connectivity index (χ1n) is 4.86. The van der Waals surface area contributed by atoms with Gasteiger partial charge in [0.1, 0.15) is 23.7 Å². The molecule has 80 valence electrons. The van der Waals surface area contributed by atoms with Crippen LogP contribution in [0.15, 0.2) is 24.3 Å². The zero-order valence-electron chi connectivity index (χ0n) is 9.41. The third kappa shape index (κ3) is 4.42. The predicted molar refractivity (Wildman–Crippen MR) is 61.2 cm³/mol. The van der Waals surface area contributed by atoms with Crippen LogP contribution >= 0.6 is 0 Å². The van der Waals surface area contributed by atoms with Gasteiger partial charge in [-0.15, -0.1) is 6.42 Å². The lowest BCUT2D eigenvalue weighted by Crippen LogP contribution is -2.22. The average molecular weight is 204 g/mol. The second-order valence-corrected chi connectivity index (χ2v) is 4.18. The summed E-state index contributed by atoms with van der Waals surface area (Å²) in [6, 6.07) is 7.44. The minimum atomic E-state index is -0.179. The van der Waals surface area contributed by atoms with Crippen molar-refractivity contribution in [1.29, 1.82) is 0 Å². The Morgan fingerprint density at radius 3 is 2.13 bits per heavy atom. The average Bonchev–Trinajstić information content (AvgIpc) is 2.14.